The molecular formula is C13H16F3N5. The van der Waals surface area contributed by atoms with Crippen LogP contribution in [-0.4, -0.2) is 26.3 Å². The molecule has 0 aliphatic carbocycles. The van der Waals surface area contributed by atoms with E-state index in [1.165, 1.54) is 4.68 Å². The molecule has 0 aromatic carbocycles. The van der Waals surface area contributed by atoms with Crippen LogP contribution in [0.25, 0.3) is 0 Å². The highest BCUT2D eigenvalue weighted by atomic mass is 19.4. The van der Waals surface area contributed by atoms with Gasteiger partial charge in [-0.05, 0) is 13.3 Å². The average molecular weight is 299 g/mol. The summed E-state index contributed by atoms with van der Waals surface area (Å²) in [5, 5.41) is 6.83. The maximum absolute atomic E-state index is 12.5. The number of nitrogens with zero attached hydrogens (tertiary/aromatic N) is 4. The van der Waals surface area contributed by atoms with E-state index in [4.69, 9.17) is 0 Å². The van der Waals surface area contributed by atoms with Crippen molar-refractivity contribution in [2.24, 2.45) is 0 Å². The van der Waals surface area contributed by atoms with Gasteiger partial charge in [0.05, 0.1) is 11.8 Å². The first-order chi connectivity index (χ1) is 9.88. The van der Waals surface area contributed by atoms with Gasteiger partial charge in [0.2, 0.25) is 0 Å². The molecule has 0 bridgehead atoms. The summed E-state index contributed by atoms with van der Waals surface area (Å²) in [6.07, 6.45) is -1.69. The molecule has 0 radical (unpaired) electrons. The summed E-state index contributed by atoms with van der Waals surface area (Å²) in [4.78, 5) is 8.49. The molecule has 0 amide bonds. The van der Waals surface area contributed by atoms with Gasteiger partial charge in [-0.3, -0.25) is 4.68 Å². The molecule has 2 aromatic heterocycles. The molecule has 0 fully saturated rings. The maximum atomic E-state index is 12.5. The lowest BCUT2D eigenvalue weighted by Crippen LogP contribution is -2.10. The standard InChI is InChI=1S/C13H16F3N5/c1-3-4-17-11-5-9(2)19-12(20-11)8-21-7-10(6-18-21)13(14,15)16/h5-7H,3-4,8H2,1-2H3,(H,17,19,20). The van der Waals surface area contributed by atoms with Gasteiger partial charge in [0.1, 0.15) is 12.4 Å². The summed E-state index contributed by atoms with van der Waals surface area (Å²) in [6.45, 7) is 4.71. The highest BCUT2D eigenvalue weighted by molar-refractivity contribution is 5.35. The highest BCUT2D eigenvalue weighted by Gasteiger charge is 2.32. The van der Waals surface area contributed by atoms with Crippen molar-refractivity contribution in [2.75, 3.05) is 11.9 Å². The van der Waals surface area contributed by atoms with Gasteiger partial charge in [-0.15, -0.1) is 0 Å². The van der Waals surface area contributed by atoms with E-state index in [1.807, 2.05) is 13.8 Å². The molecule has 0 aliphatic heterocycles. The van der Waals surface area contributed by atoms with E-state index in [0.29, 0.717) is 11.6 Å². The van der Waals surface area contributed by atoms with Crippen molar-refractivity contribution in [1.82, 2.24) is 19.7 Å². The summed E-state index contributed by atoms with van der Waals surface area (Å²) in [7, 11) is 0. The molecule has 0 aliphatic rings. The number of hydrogen-bond acceptors (Lipinski definition) is 4. The average Bonchev–Trinajstić information content (AvgIpc) is 2.84. The zero-order valence-corrected chi connectivity index (χ0v) is 11.8. The van der Waals surface area contributed by atoms with Crippen LogP contribution >= 0.6 is 0 Å². The van der Waals surface area contributed by atoms with Crippen LogP contribution in [0.3, 0.4) is 0 Å². The van der Waals surface area contributed by atoms with Crippen molar-refractivity contribution < 1.29 is 13.2 Å². The molecule has 2 aromatic rings. The predicted molar refractivity (Wildman–Crippen MR) is 71.9 cm³/mol. The van der Waals surface area contributed by atoms with Crippen molar-refractivity contribution in [2.45, 2.75) is 33.0 Å². The van der Waals surface area contributed by atoms with Crippen LogP contribution in [-0.2, 0) is 12.7 Å². The Morgan fingerprint density at radius 1 is 1.29 bits per heavy atom. The Balaban J connectivity index is 2.15. The molecule has 2 rings (SSSR count). The Labute approximate surface area is 120 Å². The number of halogens is 3. The van der Waals surface area contributed by atoms with Gasteiger partial charge in [0.15, 0.2) is 5.82 Å². The normalized spacial score (nSPS) is 11.7. The van der Waals surface area contributed by atoms with E-state index in [-0.39, 0.29) is 6.54 Å². The van der Waals surface area contributed by atoms with Gasteiger partial charge in [0, 0.05) is 24.5 Å². The SMILES string of the molecule is CCCNc1cc(C)nc(Cn2cc(C(F)(F)F)cn2)n1. The molecule has 2 heterocycles. The summed E-state index contributed by atoms with van der Waals surface area (Å²) in [5.74, 6) is 1.09. The molecule has 1 N–H and O–H groups in total. The van der Waals surface area contributed by atoms with E-state index >= 15 is 0 Å². The lowest BCUT2D eigenvalue weighted by molar-refractivity contribution is -0.137. The summed E-state index contributed by atoms with van der Waals surface area (Å²) < 4.78 is 38.7. The predicted octanol–water partition coefficient (Wildman–Crippen LogP) is 2.87. The summed E-state index contributed by atoms with van der Waals surface area (Å²) >= 11 is 0. The minimum Gasteiger partial charge on any atom is -0.370 e. The second-order valence-electron chi connectivity index (χ2n) is 4.66. The Hall–Kier alpha value is -2.12. The van der Waals surface area contributed by atoms with Crippen LogP contribution in [0.1, 0.15) is 30.4 Å². The number of aryl methyl sites for hydroxylation is 1. The Morgan fingerprint density at radius 3 is 2.67 bits per heavy atom. The van der Waals surface area contributed by atoms with Gasteiger partial charge in [-0.1, -0.05) is 6.92 Å². The van der Waals surface area contributed by atoms with Crippen LogP contribution < -0.4 is 5.32 Å². The van der Waals surface area contributed by atoms with Gasteiger partial charge in [-0.25, -0.2) is 9.97 Å². The summed E-state index contributed by atoms with van der Waals surface area (Å²) in [6, 6.07) is 1.80. The molecule has 114 valence electrons. The van der Waals surface area contributed by atoms with E-state index in [9.17, 15) is 13.2 Å². The highest BCUT2D eigenvalue weighted by Crippen LogP contribution is 2.28. The van der Waals surface area contributed by atoms with Crippen molar-refractivity contribution in [3.8, 4) is 0 Å². The maximum Gasteiger partial charge on any atom is 0.419 e. The summed E-state index contributed by atoms with van der Waals surface area (Å²) in [5.41, 5.74) is -0.0266. The monoisotopic (exact) mass is 299 g/mol. The number of alkyl halides is 3. The van der Waals surface area contributed by atoms with Crippen molar-refractivity contribution >= 4 is 5.82 Å². The number of anilines is 1. The number of hydrogen-bond donors (Lipinski definition) is 1. The third-order valence-corrected chi connectivity index (χ3v) is 2.72. The molecule has 0 unspecified atom stereocenters. The van der Waals surface area contributed by atoms with Gasteiger partial charge >= 0.3 is 6.18 Å². The fourth-order valence-electron chi connectivity index (χ4n) is 1.79. The molecule has 8 heteroatoms. The third-order valence-electron chi connectivity index (χ3n) is 2.72. The van der Waals surface area contributed by atoms with Crippen molar-refractivity contribution in [3.63, 3.8) is 0 Å². The minimum atomic E-state index is -4.39. The number of rotatable bonds is 5. The van der Waals surface area contributed by atoms with Gasteiger partial charge in [-0.2, -0.15) is 18.3 Å². The Morgan fingerprint density at radius 2 is 2.05 bits per heavy atom. The smallest absolute Gasteiger partial charge is 0.370 e. The van der Waals surface area contributed by atoms with Crippen LogP contribution in [0, 0.1) is 6.92 Å². The lowest BCUT2D eigenvalue weighted by Gasteiger charge is -2.08. The molecular weight excluding hydrogens is 283 g/mol. The molecule has 0 atom stereocenters. The first kappa shape index (κ1) is 15.3. The van der Waals surface area contributed by atoms with Crippen molar-refractivity contribution in [1.29, 1.82) is 0 Å². The van der Waals surface area contributed by atoms with E-state index in [2.05, 4.69) is 20.4 Å². The lowest BCUT2D eigenvalue weighted by atomic mass is 10.3. The Bertz CT molecular complexity index is 606. The van der Waals surface area contributed by atoms with Crippen LogP contribution in [0.5, 0.6) is 0 Å². The Kier molecular flexibility index (Phi) is 4.44. The zero-order valence-electron chi connectivity index (χ0n) is 11.8. The van der Waals surface area contributed by atoms with Gasteiger partial charge in [0.25, 0.3) is 0 Å². The van der Waals surface area contributed by atoms with E-state index in [1.54, 1.807) is 6.07 Å². The molecule has 21 heavy (non-hydrogen) atoms. The van der Waals surface area contributed by atoms with E-state index < -0.39 is 11.7 Å². The topological polar surface area (TPSA) is 55.6 Å². The van der Waals surface area contributed by atoms with Crippen LogP contribution in [0.15, 0.2) is 18.5 Å². The molecule has 0 saturated heterocycles. The fourth-order valence-corrected chi connectivity index (χ4v) is 1.79. The van der Waals surface area contributed by atoms with Crippen molar-refractivity contribution in [3.05, 3.63) is 35.5 Å². The van der Waals surface area contributed by atoms with E-state index in [0.717, 1.165) is 31.1 Å². The van der Waals surface area contributed by atoms with Gasteiger partial charge < -0.3 is 5.32 Å². The van der Waals surface area contributed by atoms with Crippen LogP contribution in [0.4, 0.5) is 19.0 Å². The largest absolute Gasteiger partial charge is 0.419 e. The first-order valence-corrected chi connectivity index (χ1v) is 6.56. The molecule has 0 spiro atoms. The third kappa shape index (κ3) is 4.17. The number of nitrogens with one attached hydrogen (secondary N) is 1. The zero-order chi connectivity index (χ0) is 15.5. The quantitative estimate of drug-likeness (QED) is 0.922. The minimum absolute atomic E-state index is 0.0958. The second-order valence-corrected chi connectivity index (χ2v) is 4.66. The second kappa shape index (κ2) is 6.11. The fraction of sp³-hybridized carbons (Fsp3) is 0.462. The van der Waals surface area contributed by atoms with Crippen LogP contribution in [0.2, 0.25) is 0 Å². The first-order valence-electron chi connectivity index (χ1n) is 6.56. The molecule has 5 nitrogen and oxygen atoms in total. The number of aromatic nitrogens is 4. The molecule has 0 saturated carbocycles.